The van der Waals surface area contributed by atoms with Crippen molar-refractivity contribution < 1.29 is 0 Å². The van der Waals surface area contributed by atoms with Crippen LogP contribution >= 0.6 is 11.6 Å². The summed E-state index contributed by atoms with van der Waals surface area (Å²) in [5, 5.41) is 4.20. The van der Waals surface area contributed by atoms with Gasteiger partial charge in [0.15, 0.2) is 0 Å². The third kappa shape index (κ3) is 3.87. The van der Waals surface area contributed by atoms with Gasteiger partial charge in [-0.05, 0) is 42.5 Å². The highest BCUT2D eigenvalue weighted by atomic mass is 35.5. The molecule has 1 N–H and O–H groups in total. The maximum absolute atomic E-state index is 6.39. The van der Waals surface area contributed by atoms with Crippen molar-refractivity contribution in [2.45, 2.75) is 40.2 Å². The molecule has 2 nitrogen and oxygen atoms in total. The Labute approximate surface area is 122 Å². The molecule has 2 rings (SSSR count). The highest BCUT2D eigenvalue weighted by Gasteiger charge is 2.26. The second-order valence-electron chi connectivity index (χ2n) is 6.25. The van der Waals surface area contributed by atoms with Gasteiger partial charge in [-0.3, -0.25) is 0 Å². The maximum Gasteiger partial charge on any atom is 0.0471 e. The van der Waals surface area contributed by atoms with Gasteiger partial charge in [0.2, 0.25) is 0 Å². The molecule has 19 heavy (non-hydrogen) atoms. The molecule has 0 atom stereocenters. The van der Waals surface area contributed by atoms with E-state index < -0.39 is 0 Å². The van der Waals surface area contributed by atoms with E-state index in [0.29, 0.717) is 5.41 Å². The molecule has 0 aromatic heterocycles. The molecule has 1 aliphatic heterocycles. The van der Waals surface area contributed by atoms with Crippen LogP contribution in [0.25, 0.3) is 0 Å². The van der Waals surface area contributed by atoms with Crippen LogP contribution in [-0.4, -0.2) is 19.6 Å². The van der Waals surface area contributed by atoms with Crippen LogP contribution in [0.1, 0.15) is 39.2 Å². The van der Waals surface area contributed by atoms with Gasteiger partial charge in [0, 0.05) is 30.3 Å². The van der Waals surface area contributed by atoms with Gasteiger partial charge < -0.3 is 10.2 Å². The number of nitrogens with one attached hydrogen (secondary N) is 1. The number of benzene rings is 1. The number of halogens is 1. The van der Waals surface area contributed by atoms with Crippen LogP contribution in [0.15, 0.2) is 18.2 Å². The molecular formula is C16H25ClN2. The fourth-order valence-corrected chi connectivity index (χ4v) is 3.02. The van der Waals surface area contributed by atoms with Crippen LogP contribution < -0.4 is 10.2 Å². The quantitative estimate of drug-likeness (QED) is 0.894. The van der Waals surface area contributed by atoms with E-state index in [1.807, 2.05) is 0 Å². The fraction of sp³-hybridized carbons (Fsp3) is 0.625. The minimum Gasteiger partial charge on any atom is -0.371 e. The third-order valence-electron chi connectivity index (χ3n) is 3.87. The third-order valence-corrected chi connectivity index (χ3v) is 4.22. The van der Waals surface area contributed by atoms with E-state index in [4.69, 9.17) is 11.6 Å². The Hall–Kier alpha value is -0.730. The molecule has 3 heteroatoms. The molecule has 1 aromatic carbocycles. The van der Waals surface area contributed by atoms with Crippen LogP contribution in [0.2, 0.25) is 5.02 Å². The van der Waals surface area contributed by atoms with Crippen LogP contribution in [0, 0.1) is 5.41 Å². The van der Waals surface area contributed by atoms with Crippen molar-refractivity contribution in [1.82, 2.24) is 5.32 Å². The summed E-state index contributed by atoms with van der Waals surface area (Å²) in [6, 6.07) is 6.48. The average Bonchev–Trinajstić information content (AvgIpc) is 2.36. The predicted molar refractivity (Wildman–Crippen MR) is 84.1 cm³/mol. The molecule has 1 saturated heterocycles. The van der Waals surface area contributed by atoms with Crippen LogP contribution in [0.5, 0.6) is 0 Å². The second kappa shape index (κ2) is 6.15. The van der Waals surface area contributed by atoms with Gasteiger partial charge in [-0.25, -0.2) is 0 Å². The Kier molecular flexibility index (Phi) is 4.75. The Morgan fingerprint density at radius 1 is 1.37 bits per heavy atom. The lowest BCUT2D eigenvalue weighted by Crippen LogP contribution is -2.40. The molecule has 106 valence electrons. The molecule has 1 aliphatic rings. The van der Waals surface area contributed by atoms with Gasteiger partial charge >= 0.3 is 0 Å². The van der Waals surface area contributed by atoms with Crippen LogP contribution in [-0.2, 0) is 6.54 Å². The lowest BCUT2D eigenvalue weighted by atomic mass is 9.84. The monoisotopic (exact) mass is 280 g/mol. The highest BCUT2D eigenvalue weighted by molar-refractivity contribution is 6.31. The molecule has 1 aromatic rings. The van der Waals surface area contributed by atoms with E-state index >= 15 is 0 Å². The number of nitrogens with zero attached hydrogens (tertiary/aromatic N) is 1. The van der Waals surface area contributed by atoms with E-state index in [-0.39, 0.29) is 0 Å². The molecule has 0 saturated carbocycles. The average molecular weight is 281 g/mol. The number of piperidine rings is 1. The molecule has 0 aliphatic carbocycles. The summed E-state index contributed by atoms with van der Waals surface area (Å²) in [6.07, 6.45) is 2.58. The summed E-state index contributed by atoms with van der Waals surface area (Å²) in [7, 11) is 0. The zero-order valence-electron chi connectivity index (χ0n) is 12.3. The van der Waals surface area contributed by atoms with Gasteiger partial charge in [-0.1, -0.05) is 38.4 Å². The standard InChI is InChI=1S/C16H25ClN2/c1-4-18-11-13-6-7-14(10-15(13)17)19-9-5-8-16(2,3)12-19/h6-7,10,18H,4-5,8-9,11-12H2,1-3H3. The Morgan fingerprint density at radius 2 is 2.16 bits per heavy atom. The Morgan fingerprint density at radius 3 is 2.79 bits per heavy atom. The van der Waals surface area contributed by atoms with Crippen molar-refractivity contribution in [3.8, 4) is 0 Å². The zero-order valence-corrected chi connectivity index (χ0v) is 13.1. The normalized spacial score (nSPS) is 18.6. The van der Waals surface area contributed by atoms with Crippen molar-refractivity contribution in [2.24, 2.45) is 5.41 Å². The largest absolute Gasteiger partial charge is 0.371 e. The predicted octanol–water partition coefficient (Wildman–Crippen LogP) is 4.08. The molecule has 0 spiro atoms. The minimum absolute atomic E-state index is 0.410. The van der Waals surface area contributed by atoms with E-state index in [9.17, 15) is 0 Å². The SMILES string of the molecule is CCNCc1ccc(N2CCCC(C)(C)C2)cc1Cl. The minimum atomic E-state index is 0.410. The molecule has 0 amide bonds. The lowest BCUT2D eigenvalue weighted by Gasteiger charge is -2.39. The van der Waals surface area contributed by atoms with Gasteiger partial charge in [0.05, 0.1) is 0 Å². The Balaban J connectivity index is 2.10. The summed E-state index contributed by atoms with van der Waals surface area (Å²) in [6.45, 7) is 10.9. The number of hydrogen-bond acceptors (Lipinski definition) is 2. The first-order chi connectivity index (χ1) is 9.02. The highest BCUT2D eigenvalue weighted by Crippen LogP contribution is 2.33. The summed E-state index contributed by atoms with van der Waals surface area (Å²) in [4.78, 5) is 2.46. The summed E-state index contributed by atoms with van der Waals surface area (Å²) in [5.41, 5.74) is 2.86. The molecular weight excluding hydrogens is 256 g/mol. The van der Waals surface area contributed by atoms with Crippen molar-refractivity contribution in [3.05, 3.63) is 28.8 Å². The van der Waals surface area contributed by atoms with Gasteiger partial charge in [0.1, 0.15) is 0 Å². The van der Waals surface area contributed by atoms with Crippen molar-refractivity contribution in [2.75, 3.05) is 24.5 Å². The molecule has 0 unspecified atom stereocenters. The summed E-state index contributed by atoms with van der Waals surface area (Å²) in [5.74, 6) is 0. The van der Waals surface area contributed by atoms with Crippen molar-refractivity contribution in [1.29, 1.82) is 0 Å². The summed E-state index contributed by atoms with van der Waals surface area (Å²) >= 11 is 6.39. The number of rotatable bonds is 4. The first-order valence-electron chi connectivity index (χ1n) is 7.26. The Bertz CT molecular complexity index is 429. The van der Waals surface area contributed by atoms with E-state index in [1.165, 1.54) is 24.1 Å². The lowest BCUT2D eigenvalue weighted by molar-refractivity contribution is 0.293. The molecule has 1 heterocycles. The smallest absolute Gasteiger partial charge is 0.0471 e. The van der Waals surface area contributed by atoms with E-state index in [1.54, 1.807) is 0 Å². The van der Waals surface area contributed by atoms with E-state index in [0.717, 1.165) is 31.2 Å². The van der Waals surface area contributed by atoms with Gasteiger partial charge in [-0.2, -0.15) is 0 Å². The van der Waals surface area contributed by atoms with Crippen LogP contribution in [0.3, 0.4) is 0 Å². The van der Waals surface area contributed by atoms with Gasteiger partial charge in [0.25, 0.3) is 0 Å². The number of hydrogen-bond donors (Lipinski definition) is 1. The van der Waals surface area contributed by atoms with Crippen molar-refractivity contribution in [3.63, 3.8) is 0 Å². The topological polar surface area (TPSA) is 15.3 Å². The maximum atomic E-state index is 6.39. The van der Waals surface area contributed by atoms with E-state index in [2.05, 4.69) is 49.2 Å². The van der Waals surface area contributed by atoms with Gasteiger partial charge in [-0.15, -0.1) is 0 Å². The summed E-state index contributed by atoms with van der Waals surface area (Å²) < 4.78 is 0. The molecule has 0 bridgehead atoms. The fourth-order valence-electron chi connectivity index (χ4n) is 2.78. The van der Waals surface area contributed by atoms with Crippen LogP contribution in [0.4, 0.5) is 5.69 Å². The number of anilines is 1. The first kappa shape index (κ1) is 14.7. The van der Waals surface area contributed by atoms with Crippen molar-refractivity contribution >= 4 is 17.3 Å². The first-order valence-corrected chi connectivity index (χ1v) is 7.64. The molecule has 1 fully saturated rings. The molecule has 0 radical (unpaired) electrons. The zero-order chi connectivity index (χ0) is 13.9. The second-order valence-corrected chi connectivity index (χ2v) is 6.65.